The second-order valence-corrected chi connectivity index (χ2v) is 14.5. The zero-order valence-electron chi connectivity index (χ0n) is 22.2. The Hall–Kier alpha value is -0.830. The zero-order chi connectivity index (χ0) is 24.2. The fourth-order valence-electron chi connectivity index (χ4n) is 10.9. The third kappa shape index (κ3) is 2.75. The van der Waals surface area contributed by atoms with Gasteiger partial charge in [0.05, 0.1) is 11.5 Å². The molecule has 5 aliphatic rings. The fraction of sp³-hybridized carbons (Fsp3) is 0.900. The quantitative estimate of drug-likeness (QED) is 0.414. The predicted molar refractivity (Wildman–Crippen MR) is 133 cm³/mol. The fourth-order valence-corrected chi connectivity index (χ4v) is 10.9. The topological polar surface area (TPSA) is 57.5 Å². The van der Waals surface area contributed by atoms with Crippen LogP contribution in [0.2, 0.25) is 0 Å². The Morgan fingerprint density at radius 3 is 2.30 bits per heavy atom. The molecule has 3 heteroatoms. The molecule has 3 nitrogen and oxygen atoms in total. The summed E-state index contributed by atoms with van der Waals surface area (Å²) < 4.78 is 0. The summed E-state index contributed by atoms with van der Waals surface area (Å²) in [5.41, 5.74) is 0.807. The highest BCUT2D eigenvalue weighted by Gasteiger charge is 2.72. The summed E-state index contributed by atoms with van der Waals surface area (Å²) in [7, 11) is 0. The second kappa shape index (κ2) is 7.11. The van der Waals surface area contributed by atoms with Gasteiger partial charge in [0.25, 0.3) is 0 Å². The molecule has 5 aliphatic carbocycles. The molecule has 0 amide bonds. The van der Waals surface area contributed by atoms with E-state index in [-0.39, 0.29) is 33.7 Å². The van der Waals surface area contributed by atoms with Crippen LogP contribution < -0.4 is 0 Å². The molecule has 186 valence electrons. The molecule has 0 aromatic carbocycles. The number of carboxylic acid groups (broad SMARTS) is 1. The van der Waals surface area contributed by atoms with Gasteiger partial charge in [0.15, 0.2) is 0 Å². The lowest BCUT2D eigenvalue weighted by Crippen LogP contribution is -2.67. The highest BCUT2D eigenvalue weighted by atomic mass is 16.4. The molecule has 2 N–H and O–H groups in total. The van der Waals surface area contributed by atoms with Crippen LogP contribution >= 0.6 is 0 Å². The van der Waals surface area contributed by atoms with E-state index in [1.165, 1.54) is 18.4 Å². The van der Waals surface area contributed by atoms with Gasteiger partial charge in [-0.25, -0.2) is 0 Å². The molecule has 0 unspecified atom stereocenters. The van der Waals surface area contributed by atoms with Crippen molar-refractivity contribution in [3.05, 3.63) is 11.6 Å². The van der Waals surface area contributed by atoms with E-state index >= 15 is 0 Å². The molecule has 0 aromatic heterocycles. The average molecular weight is 457 g/mol. The van der Waals surface area contributed by atoms with E-state index < -0.39 is 11.4 Å². The van der Waals surface area contributed by atoms with Crippen LogP contribution in [0.25, 0.3) is 0 Å². The molecule has 10 atom stereocenters. The summed E-state index contributed by atoms with van der Waals surface area (Å²) in [5, 5.41) is 21.9. The number of allylic oxidation sites excluding steroid dienone is 2. The van der Waals surface area contributed by atoms with Gasteiger partial charge in [0.1, 0.15) is 0 Å². The molecule has 0 bridgehead atoms. The molecule has 0 spiro atoms. The Balaban J connectivity index is 1.65. The van der Waals surface area contributed by atoms with Crippen molar-refractivity contribution in [1.29, 1.82) is 0 Å². The summed E-state index contributed by atoms with van der Waals surface area (Å²) in [6.45, 7) is 16.5. The Morgan fingerprint density at radius 2 is 1.64 bits per heavy atom. The molecule has 0 heterocycles. The third-order valence-electron chi connectivity index (χ3n) is 13.2. The molecule has 4 fully saturated rings. The second-order valence-electron chi connectivity index (χ2n) is 14.5. The third-order valence-corrected chi connectivity index (χ3v) is 13.2. The van der Waals surface area contributed by atoms with Crippen LogP contribution in [0.5, 0.6) is 0 Å². The van der Waals surface area contributed by atoms with E-state index in [1.54, 1.807) is 0 Å². The van der Waals surface area contributed by atoms with Gasteiger partial charge in [-0.2, -0.15) is 0 Å². The van der Waals surface area contributed by atoms with Gasteiger partial charge >= 0.3 is 5.97 Å². The van der Waals surface area contributed by atoms with Crippen molar-refractivity contribution in [2.75, 3.05) is 0 Å². The number of rotatable bonds is 1. The van der Waals surface area contributed by atoms with Crippen molar-refractivity contribution < 1.29 is 15.0 Å². The lowest BCUT2D eigenvalue weighted by atomic mass is 9.33. The summed E-state index contributed by atoms with van der Waals surface area (Å²) in [6.07, 6.45) is 11.6. The Bertz CT molecular complexity index is 874. The summed E-state index contributed by atoms with van der Waals surface area (Å²) in [4.78, 5) is 13.5. The molecule has 0 aromatic rings. The number of aliphatic hydroxyl groups is 1. The van der Waals surface area contributed by atoms with Crippen LogP contribution in [0.1, 0.15) is 106 Å². The minimum Gasteiger partial charge on any atom is -0.481 e. The van der Waals surface area contributed by atoms with Gasteiger partial charge in [-0.3, -0.25) is 4.79 Å². The van der Waals surface area contributed by atoms with E-state index in [1.807, 2.05) is 0 Å². The number of carboxylic acids is 1. The lowest BCUT2D eigenvalue weighted by molar-refractivity contribution is -0.212. The minimum absolute atomic E-state index is 0.0876. The van der Waals surface area contributed by atoms with Crippen molar-refractivity contribution in [2.24, 2.45) is 56.7 Å². The van der Waals surface area contributed by atoms with Gasteiger partial charge < -0.3 is 10.2 Å². The maximum atomic E-state index is 13.5. The number of hydrogen-bond donors (Lipinski definition) is 2. The van der Waals surface area contributed by atoms with E-state index in [9.17, 15) is 15.0 Å². The number of aliphatic hydroxyl groups excluding tert-OH is 1. The minimum atomic E-state index is -0.649. The highest BCUT2D eigenvalue weighted by molar-refractivity contribution is 5.78. The first-order valence-corrected chi connectivity index (χ1v) is 13.9. The summed E-state index contributed by atoms with van der Waals surface area (Å²) >= 11 is 0. The van der Waals surface area contributed by atoms with Crippen LogP contribution in [0.4, 0.5) is 0 Å². The Labute approximate surface area is 201 Å². The molecule has 0 aliphatic heterocycles. The van der Waals surface area contributed by atoms with Crippen molar-refractivity contribution in [2.45, 2.75) is 112 Å². The molecule has 4 saturated carbocycles. The molecule has 0 radical (unpaired) electrons. The van der Waals surface area contributed by atoms with Crippen molar-refractivity contribution in [3.63, 3.8) is 0 Å². The van der Waals surface area contributed by atoms with Crippen LogP contribution in [-0.2, 0) is 4.79 Å². The monoisotopic (exact) mass is 456 g/mol. The first-order chi connectivity index (χ1) is 15.3. The number of hydrogen-bond acceptors (Lipinski definition) is 2. The predicted octanol–water partition coefficient (Wildman–Crippen LogP) is 7.09. The van der Waals surface area contributed by atoms with E-state index in [0.29, 0.717) is 23.7 Å². The van der Waals surface area contributed by atoms with Gasteiger partial charge in [0.2, 0.25) is 0 Å². The Morgan fingerprint density at radius 1 is 0.939 bits per heavy atom. The van der Waals surface area contributed by atoms with E-state index in [4.69, 9.17) is 0 Å². The van der Waals surface area contributed by atoms with Gasteiger partial charge in [0, 0.05) is 5.41 Å². The maximum absolute atomic E-state index is 13.5. The zero-order valence-corrected chi connectivity index (χ0v) is 22.2. The summed E-state index contributed by atoms with van der Waals surface area (Å²) in [5.74, 6) is 1.71. The van der Waals surface area contributed by atoms with Gasteiger partial charge in [-0.05, 0) is 104 Å². The SMILES string of the molecule is C[C@H]1[C@H](C)CC[C@]2(C)CC[C@]3(C)C4=CC[C@H]5C(C)(C)[C@H](O)CC[C@]5(C)[C@@H]4CC[C@@]3(C(=O)O)[C@H]12. The van der Waals surface area contributed by atoms with E-state index in [2.05, 4.69) is 54.5 Å². The van der Waals surface area contributed by atoms with Gasteiger partial charge in [-0.15, -0.1) is 0 Å². The van der Waals surface area contributed by atoms with Crippen LogP contribution in [0, 0.1) is 56.7 Å². The van der Waals surface area contributed by atoms with E-state index in [0.717, 1.165) is 44.9 Å². The maximum Gasteiger partial charge on any atom is 0.310 e. The standard InChI is InChI=1S/C30H48O3/c1-18-10-13-27(5)16-17-29(7)21-8-9-22-26(3,4)23(31)12-14-28(22,6)20(21)11-15-30(29,25(32)33)24(27)19(18)2/h8,18-20,22-24,31H,9-17H2,1-7H3,(H,32,33)/t18-,19+,20-,22+,23-,24-,27-,28-,29-,30+/m1/s1. The lowest BCUT2D eigenvalue weighted by Gasteiger charge is -2.70. The number of fused-ring (bicyclic) bond motifs is 7. The molecule has 0 saturated heterocycles. The van der Waals surface area contributed by atoms with Crippen LogP contribution in [0.3, 0.4) is 0 Å². The molecular formula is C30H48O3. The van der Waals surface area contributed by atoms with Crippen molar-refractivity contribution in [3.8, 4) is 0 Å². The molecule has 33 heavy (non-hydrogen) atoms. The number of carbonyl (C=O) groups is 1. The average Bonchev–Trinajstić information content (AvgIpc) is 2.74. The molecular weight excluding hydrogens is 408 g/mol. The van der Waals surface area contributed by atoms with Crippen molar-refractivity contribution >= 4 is 5.97 Å². The largest absolute Gasteiger partial charge is 0.481 e. The smallest absolute Gasteiger partial charge is 0.310 e. The van der Waals surface area contributed by atoms with Gasteiger partial charge in [-0.1, -0.05) is 60.1 Å². The number of aliphatic carboxylic acids is 1. The first kappa shape index (κ1) is 23.9. The molecule has 5 rings (SSSR count). The highest BCUT2D eigenvalue weighted by Crippen LogP contribution is 2.76. The normalized spacial score (nSPS) is 55.3. The Kier molecular flexibility index (Phi) is 5.15. The van der Waals surface area contributed by atoms with Crippen molar-refractivity contribution in [1.82, 2.24) is 0 Å². The van der Waals surface area contributed by atoms with Crippen LogP contribution in [0.15, 0.2) is 11.6 Å². The summed E-state index contributed by atoms with van der Waals surface area (Å²) in [6, 6.07) is 0. The van der Waals surface area contributed by atoms with Crippen LogP contribution in [-0.4, -0.2) is 22.3 Å². The first-order valence-electron chi connectivity index (χ1n) is 13.9.